The van der Waals surface area contributed by atoms with E-state index >= 15 is 0 Å². The fourth-order valence-electron chi connectivity index (χ4n) is 3.21. The molecular weight excluding hydrogens is 356 g/mol. The van der Waals surface area contributed by atoms with Crippen molar-refractivity contribution in [2.24, 2.45) is 0 Å². The quantitative estimate of drug-likeness (QED) is 0.143. The lowest BCUT2D eigenvalue weighted by molar-refractivity contribution is 0.282. The van der Waals surface area contributed by atoms with E-state index in [4.69, 9.17) is 10.2 Å². The summed E-state index contributed by atoms with van der Waals surface area (Å²) in [6.45, 7) is 0.689. The third-order valence-corrected chi connectivity index (χ3v) is 5.04. The van der Waals surface area contributed by atoms with Gasteiger partial charge in [-0.1, -0.05) is 100.0 Å². The smallest absolute Gasteiger partial charge is 0.0431 e. The first-order valence-electron chi connectivity index (χ1n) is 12.2. The van der Waals surface area contributed by atoms with Gasteiger partial charge >= 0.3 is 0 Å². The van der Waals surface area contributed by atoms with Gasteiger partial charge in [-0.25, -0.2) is 0 Å². The van der Waals surface area contributed by atoms with Crippen LogP contribution in [0.15, 0.2) is 48.6 Å². The van der Waals surface area contributed by atoms with Crippen LogP contribution < -0.4 is 0 Å². The normalized spacial score (nSPS) is 12.5. The number of aliphatic hydroxyl groups is 2. The molecule has 0 fully saturated rings. The molecule has 0 aliphatic heterocycles. The predicted octanol–water partition coefficient (Wildman–Crippen LogP) is 7.83. The topological polar surface area (TPSA) is 40.5 Å². The van der Waals surface area contributed by atoms with Gasteiger partial charge in [0.05, 0.1) is 0 Å². The predicted molar refractivity (Wildman–Crippen MR) is 129 cm³/mol. The summed E-state index contributed by atoms with van der Waals surface area (Å²) in [6.07, 6.45) is 38.4. The molecule has 0 aromatic rings. The third kappa shape index (κ3) is 26.9. The van der Waals surface area contributed by atoms with Crippen molar-refractivity contribution in [2.75, 3.05) is 13.2 Å². The number of rotatable bonds is 22. The highest BCUT2D eigenvalue weighted by atomic mass is 16.3. The lowest BCUT2D eigenvalue weighted by atomic mass is 10.1. The molecule has 0 saturated carbocycles. The molecule has 0 saturated heterocycles. The number of unbranched alkanes of at least 4 members (excludes halogenated alkanes) is 12. The van der Waals surface area contributed by atoms with Crippen molar-refractivity contribution in [3.8, 4) is 0 Å². The Morgan fingerprint density at radius 2 is 0.586 bits per heavy atom. The Balaban J connectivity index is 3.31. The highest BCUT2D eigenvalue weighted by Crippen LogP contribution is 2.08. The first-order chi connectivity index (χ1) is 14.4. The van der Waals surface area contributed by atoms with Crippen LogP contribution in [0.4, 0.5) is 0 Å². The van der Waals surface area contributed by atoms with Gasteiger partial charge in [0, 0.05) is 13.2 Å². The minimum atomic E-state index is 0.345. The zero-order valence-electron chi connectivity index (χ0n) is 18.9. The summed E-state index contributed by atoms with van der Waals surface area (Å²) in [5.41, 5.74) is 0. The molecule has 0 rings (SSSR count). The van der Waals surface area contributed by atoms with E-state index in [1.54, 1.807) is 0 Å². The highest BCUT2D eigenvalue weighted by Gasteiger charge is 1.90. The van der Waals surface area contributed by atoms with E-state index < -0.39 is 0 Å². The van der Waals surface area contributed by atoms with Crippen LogP contribution in [0.3, 0.4) is 0 Å². The minimum Gasteiger partial charge on any atom is -0.396 e. The van der Waals surface area contributed by atoms with E-state index in [2.05, 4.69) is 48.6 Å². The second kappa shape index (κ2) is 26.9. The molecule has 0 aromatic carbocycles. The fraction of sp³-hybridized carbons (Fsp3) is 0.704. The van der Waals surface area contributed by atoms with Gasteiger partial charge < -0.3 is 10.2 Å². The monoisotopic (exact) mass is 404 g/mol. The second-order valence-corrected chi connectivity index (χ2v) is 7.86. The lowest BCUT2D eigenvalue weighted by Gasteiger charge is -1.98. The Hall–Kier alpha value is -1.12. The molecule has 0 aliphatic rings. The number of aliphatic hydroxyl groups excluding tert-OH is 2. The molecule has 0 unspecified atom stereocenters. The van der Waals surface area contributed by atoms with Crippen molar-refractivity contribution in [2.45, 2.75) is 109 Å². The molecule has 0 radical (unpaired) electrons. The number of hydrogen-bond acceptors (Lipinski definition) is 2. The van der Waals surface area contributed by atoms with Gasteiger partial charge in [0.25, 0.3) is 0 Å². The third-order valence-electron chi connectivity index (χ3n) is 5.04. The Morgan fingerprint density at radius 1 is 0.310 bits per heavy atom. The van der Waals surface area contributed by atoms with Crippen LogP contribution in [0, 0.1) is 0 Å². The van der Waals surface area contributed by atoms with Gasteiger partial charge in [-0.05, 0) is 57.8 Å². The summed E-state index contributed by atoms with van der Waals surface area (Å²) >= 11 is 0. The Bertz CT molecular complexity index is 369. The van der Waals surface area contributed by atoms with Gasteiger partial charge in [-0.3, -0.25) is 0 Å². The number of hydrogen-bond donors (Lipinski definition) is 2. The van der Waals surface area contributed by atoms with Gasteiger partial charge in [-0.2, -0.15) is 0 Å². The molecule has 168 valence electrons. The molecule has 29 heavy (non-hydrogen) atoms. The standard InChI is InChI=1S/C27H48O2/c28-26-24-22-20-18-16-14-12-10-8-6-4-2-1-3-5-7-9-11-13-15-17-19-21-23-25-27-29/h2-5,8-11,28-29H,1,6-7,12-27H2/b4-2+,5-3+,10-8+,11-9+. The van der Waals surface area contributed by atoms with Crippen molar-refractivity contribution < 1.29 is 10.2 Å². The summed E-state index contributed by atoms with van der Waals surface area (Å²) in [7, 11) is 0. The van der Waals surface area contributed by atoms with E-state index in [0.717, 1.165) is 32.1 Å². The van der Waals surface area contributed by atoms with E-state index in [0.29, 0.717) is 13.2 Å². The maximum Gasteiger partial charge on any atom is 0.0431 e. The van der Waals surface area contributed by atoms with Crippen LogP contribution in [0.1, 0.15) is 109 Å². The van der Waals surface area contributed by atoms with Gasteiger partial charge in [0.1, 0.15) is 0 Å². The molecule has 2 N–H and O–H groups in total. The van der Waals surface area contributed by atoms with Crippen LogP contribution in [0.5, 0.6) is 0 Å². The van der Waals surface area contributed by atoms with Crippen LogP contribution >= 0.6 is 0 Å². The highest BCUT2D eigenvalue weighted by molar-refractivity contribution is 4.99. The largest absolute Gasteiger partial charge is 0.396 e. The second-order valence-electron chi connectivity index (χ2n) is 7.86. The summed E-state index contributed by atoms with van der Waals surface area (Å²) < 4.78 is 0. The molecule has 0 amide bonds. The minimum absolute atomic E-state index is 0.345. The van der Waals surface area contributed by atoms with Gasteiger partial charge in [-0.15, -0.1) is 0 Å². The van der Waals surface area contributed by atoms with E-state index in [1.807, 2.05) is 0 Å². The molecule has 0 aromatic heterocycles. The lowest BCUT2D eigenvalue weighted by Crippen LogP contribution is -1.83. The molecular formula is C27H48O2. The Labute approximate surface area is 181 Å². The molecule has 0 aliphatic carbocycles. The van der Waals surface area contributed by atoms with E-state index in [9.17, 15) is 0 Å². The maximum absolute atomic E-state index is 8.72. The molecule has 0 spiro atoms. The molecule has 0 heterocycles. The molecule has 0 bridgehead atoms. The first-order valence-corrected chi connectivity index (χ1v) is 12.2. The number of allylic oxidation sites excluding steroid dienone is 8. The maximum atomic E-state index is 8.72. The van der Waals surface area contributed by atoms with Gasteiger partial charge in [0.15, 0.2) is 0 Å². The van der Waals surface area contributed by atoms with Crippen molar-refractivity contribution in [1.29, 1.82) is 0 Å². The van der Waals surface area contributed by atoms with Crippen molar-refractivity contribution in [3.05, 3.63) is 48.6 Å². The van der Waals surface area contributed by atoms with Crippen molar-refractivity contribution in [1.82, 2.24) is 0 Å². The Kier molecular flexibility index (Phi) is 25.8. The van der Waals surface area contributed by atoms with Gasteiger partial charge in [0.2, 0.25) is 0 Å². The average Bonchev–Trinajstić information content (AvgIpc) is 2.74. The fourth-order valence-corrected chi connectivity index (χ4v) is 3.21. The molecule has 0 atom stereocenters. The molecule has 2 nitrogen and oxygen atoms in total. The van der Waals surface area contributed by atoms with E-state index in [1.165, 1.54) is 77.0 Å². The summed E-state index contributed by atoms with van der Waals surface area (Å²) in [4.78, 5) is 0. The summed E-state index contributed by atoms with van der Waals surface area (Å²) in [5.74, 6) is 0. The first kappa shape index (κ1) is 27.9. The van der Waals surface area contributed by atoms with Crippen molar-refractivity contribution >= 4 is 0 Å². The van der Waals surface area contributed by atoms with Crippen molar-refractivity contribution in [3.63, 3.8) is 0 Å². The van der Waals surface area contributed by atoms with Crippen LogP contribution in [-0.2, 0) is 0 Å². The zero-order chi connectivity index (χ0) is 21.1. The summed E-state index contributed by atoms with van der Waals surface area (Å²) in [6, 6.07) is 0. The zero-order valence-corrected chi connectivity index (χ0v) is 18.9. The summed E-state index contributed by atoms with van der Waals surface area (Å²) in [5, 5.41) is 17.4. The van der Waals surface area contributed by atoms with Crippen LogP contribution in [0.2, 0.25) is 0 Å². The SMILES string of the molecule is OCCCCCCCC/C=C/C/C=C/C/C=C/C/C=C/CCCCCCCCO. The van der Waals surface area contributed by atoms with Crippen LogP contribution in [-0.4, -0.2) is 23.4 Å². The van der Waals surface area contributed by atoms with E-state index in [-0.39, 0.29) is 0 Å². The molecule has 2 heteroatoms. The Morgan fingerprint density at radius 3 is 0.931 bits per heavy atom. The van der Waals surface area contributed by atoms with Crippen LogP contribution in [0.25, 0.3) is 0 Å². The average molecular weight is 405 g/mol.